The highest BCUT2D eigenvalue weighted by Crippen LogP contribution is 2.40. The molecule has 2 aromatic heterocycles. The number of furan rings is 1. The van der Waals surface area contributed by atoms with Crippen molar-refractivity contribution in [2.45, 2.75) is 60.8 Å². The molecule has 0 aliphatic rings. The summed E-state index contributed by atoms with van der Waals surface area (Å²) in [5, 5.41) is 1.00. The number of hydrogen-bond donors (Lipinski definition) is 0. The van der Waals surface area contributed by atoms with E-state index in [9.17, 15) is 0 Å². The molecule has 0 atom stereocenters. The quantitative estimate of drug-likeness (QED) is 0.469. The van der Waals surface area contributed by atoms with Crippen LogP contribution in [0.5, 0.6) is 5.75 Å². The van der Waals surface area contributed by atoms with Gasteiger partial charge < -0.3 is 9.15 Å². The third kappa shape index (κ3) is 3.48. The van der Waals surface area contributed by atoms with Gasteiger partial charge in [-0.15, -0.1) is 0 Å². The van der Waals surface area contributed by atoms with Gasteiger partial charge in [-0.3, -0.25) is 0 Å². The number of unbranched alkanes of at least 4 members (excludes halogenated alkanes) is 2. The minimum Gasteiger partial charge on any atom is -0.493 e. The molecule has 0 N–H and O–H groups in total. The topological polar surface area (TPSA) is 35.3 Å². The molecule has 3 aromatic rings. The molecule has 0 radical (unpaired) electrons. The van der Waals surface area contributed by atoms with E-state index in [4.69, 9.17) is 14.1 Å². The van der Waals surface area contributed by atoms with Crippen LogP contribution in [0.15, 0.2) is 22.6 Å². The van der Waals surface area contributed by atoms with E-state index in [0.29, 0.717) is 0 Å². The monoisotopic (exact) mass is 351 g/mol. The number of fused-ring (bicyclic) bond motifs is 1. The van der Waals surface area contributed by atoms with E-state index < -0.39 is 0 Å². The Morgan fingerprint density at radius 3 is 2.31 bits per heavy atom. The van der Waals surface area contributed by atoms with Crippen LogP contribution in [-0.2, 0) is 0 Å². The minimum absolute atomic E-state index is 0.731. The van der Waals surface area contributed by atoms with E-state index in [1.165, 1.54) is 29.5 Å². The number of rotatable bonds is 6. The lowest BCUT2D eigenvalue weighted by molar-refractivity contribution is 0.309. The fourth-order valence-electron chi connectivity index (χ4n) is 3.76. The molecule has 0 amide bonds. The van der Waals surface area contributed by atoms with Gasteiger partial charge in [-0.1, -0.05) is 37.5 Å². The van der Waals surface area contributed by atoms with Gasteiger partial charge in [0.1, 0.15) is 17.0 Å². The smallest absolute Gasteiger partial charge is 0.161 e. The Bertz CT molecular complexity index is 914. The summed E-state index contributed by atoms with van der Waals surface area (Å²) in [4.78, 5) is 4.81. The predicted octanol–water partition coefficient (Wildman–Crippen LogP) is 6.61. The lowest BCUT2D eigenvalue weighted by Crippen LogP contribution is -1.99. The van der Waals surface area contributed by atoms with Gasteiger partial charge in [-0.05, 0) is 52.2 Å². The number of ether oxygens (including phenoxy) is 1. The van der Waals surface area contributed by atoms with Crippen molar-refractivity contribution in [1.82, 2.24) is 4.98 Å². The fourth-order valence-corrected chi connectivity index (χ4v) is 3.76. The molecule has 1 aromatic carbocycles. The van der Waals surface area contributed by atoms with Gasteiger partial charge in [0, 0.05) is 17.3 Å². The second-order valence-corrected chi connectivity index (χ2v) is 7.30. The van der Waals surface area contributed by atoms with Gasteiger partial charge in [-0.2, -0.15) is 0 Å². The molecule has 26 heavy (non-hydrogen) atoms. The van der Waals surface area contributed by atoms with Crippen LogP contribution in [0.25, 0.3) is 22.2 Å². The Labute approximate surface area is 156 Å². The standard InChI is InChI=1S/C23H29NO2/c1-7-8-9-10-25-19-13-17(5)24-22-21(19)18(6)26-23(22)20-15(3)11-14(2)12-16(20)4/h11-13H,7-10H2,1-6H3. The van der Waals surface area contributed by atoms with Crippen LogP contribution in [0.4, 0.5) is 0 Å². The Hall–Kier alpha value is -2.29. The van der Waals surface area contributed by atoms with Crippen molar-refractivity contribution in [3.63, 3.8) is 0 Å². The number of hydrogen-bond acceptors (Lipinski definition) is 3. The van der Waals surface area contributed by atoms with Gasteiger partial charge in [0.15, 0.2) is 5.76 Å². The molecular weight excluding hydrogens is 322 g/mol. The molecule has 0 unspecified atom stereocenters. The molecule has 3 rings (SSSR count). The van der Waals surface area contributed by atoms with Gasteiger partial charge in [-0.25, -0.2) is 4.98 Å². The van der Waals surface area contributed by atoms with E-state index in [1.807, 2.05) is 19.9 Å². The number of pyridine rings is 1. The average Bonchev–Trinajstić information content (AvgIpc) is 2.87. The van der Waals surface area contributed by atoms with Crippen LogP contribution in [0.3, 0.4) is 0 Å². The van der Waals surface area contributed by atoms with Crippen molar-refractivity contribution < 1.29 is 9.15 Å². The van der Waals surface area contributed by atoms with E-state index in [0.717, 1.165) is 52.5 Å². The second-order valence-electron chi connectivity index (χ2n) is 7.30. The maximum absolute atomic E-state index is 6.23. The molecule has 138 valence electrons. The maximum atomic E-state index is 6.23. The molecular formula is C23H29NO2. The Balaban J connectivity index is 2.14. The molecule has 0 fully saturated rings. The van der Waals surface area contributed by atoms with E-state index in [2.05, 4.69) is 39.8 Å². The number of benzene rings is 1. The molecule has 0 saturated heterocycles. The summed E-state index contributed by atoms with van der Waals surface area (Å²) in [7, 11) is 0. The molecule has 3 heteroatoms. The van der Waals surface area contributed by atoms with Crippen LogP contribution in [0.2, 0.25) is 0 Å². The van der Waals surface area contributed by atoms with Gasteiger partial charge >= 0.3 is 0 Å². The predicted molar refractivity (Wildman–Crippen MR) is 108 cm³/mol. The summed E-state index contributed by atoms with van der Waals surface area (Å²) >= 11 is 0. The van der Waals surface area contributed by atoms with Crippen molar-refractivity contribution in [3.8, 4) is 17.1 Å². The first-order chi connectivity index (χ1) is 12.4. The first-order valence-electron chi connectivity index (χ1n) is 9.54. The summed E-state index contributed by atoms with van der Waals surface area (Å²) in [5.74, 6) is 2.61. The lowest BCUT2D eigenvalue weighted by atomic mass is 9.97. The van der Waals surface area contributed by atoms with Crippen LogP contribution >= 0.6 is 0 Å². The normalized spacial score (nSPS) is 11.3. The molecule has 0 bridgehead atoms. The van der Waals surface area contributed by atoms with Crippen molar-refractivity contribution in [3.05, 3.63) is 46.3 Å². The van der Waals surface area contributed by atoms with Crippen molar-refractivity contribution in [2.24, 2.45) is 0 Å². The van der Waals surface area contributed by atoms with Gasteiger partial charge in [0.05, 0.1) is 12.0 Å². The molecule has 0 spiro atoms. The highest BCUT2D eigenvalue weighted by atomic mass is 16.5. The molecule has 0 aliphatic carbocycles. The zero-order valence-corrected chi connectivity index (χ0v) is 16.8. The maximum Gasteiger partial charge on any atom is 0.161 e. The summed E-state index contributed by atoms with van der Waals surface area (Å²) in [6.07, 6.45) is 3.44. The van der Waals surface area contributed by atoms with Crippen LogP contribution in [0.1, 0.15) is 54.3 Å². The van der Waals surface area contributed by atoms with Crippen molar-refractivity contribution >= 4 is 10.9 Å². The lowest BCUT2D eigenvalue weighted by Gasteiger charge is -2.10. The summed E-state index contributed by atoms with van der Waals surface area (Å²) in [6, 6.07) is 6.42. The largest absolute Gasteiger partial charge is 0.493 e. The van der Waals surface area contributed by atoms with Crippen molar-refractivity contribution in [2.75, 3.05) is 6.61 Å². The number of aromatic nitrogens is 1. The first-order valence-corrected chi connectivity index (χ1v) is 9.54. The van der Waals surface area contributed by atoms with Crippen LogP contribution in [0, 0.1) is 34.6 Å². The molecule has 2 heterocycles. The summed E-state index contributed by atoms with van der Waals surface area (Å²) in [5.41, 5.74) is 6.69. The Kier molecular flexibility index (Phi) is 5.36. The van der Waals surface area contributed by atoms with Gasteiger partial charge in [0.2, 0.25) is 0 Å². The zero-order valence-electron chi connectivity index (χ0n) is 16.8. The molecule has 3 nitrogen and oxygen atoms in total. The van der Waals surface area contributed by atoms with E-state index >= 15 is 0 Å². The fraction of sp³-hybridized carbons (Fsp3) is 0.435. The third-order valence-corrected chi connectivity index (χ3v) is 4.84. The summed E-state index contributed by atoms with van der Waals surface area (Å²) < 4.78 is 12.3. The molecule has 0 aliphatic heterocycles. The first kappa shape index (κ1) is 18.5. The molecule has 0 saturated carbocycles. The second kappa shape index (κ2) is 7.53. The SMILES string of the molecule is CCCCCOc1cc(C)nc2c(-c3c(C)cc(C)cc3C)oc(C)c12. The minimum atomic E-state index is 0.731. The van der Waals surface area contributed by atoms with E-state index in [-0.39, 0.29) is 0 Å². The zero-order chi connectivity index (χ0) is 18.8. The number of nitrogens with zero attached hydrogens (tertiary/aromatic N) is 1. The average molecular weight is 351 g/mol. The highest BCUT2D eigenvalue weighted by Gasteiger charge is 2.21. The van der Waals surface area contributed by atoms with E-state index in [1.54, 1.807) is 0 Å². The third-order valence-electron chi connectivity index (χ3n) is 4.84. The Morgan fingerprint density at radius 1 is 0.962 bits per heavy atom. The summed E-state index contributed by atoms with van der Waals surface area (Å²) in [6.45, 7) is 13.3. The number of aryl methyl sites for hydroxylation is 5. The highest BCUT2D eigenvalue weighted by molar-refractivity contribution is 5.98. The van der Waals surface area contributed by atoms with Crippen LogP contribution in [-0.4, -0.2) is 11.6 Å². The Morgan fingerprint density at radius 2 is 1.65 bits per heavy atom. The van der Waals surface area contributed by atoms with Crippen LogP contribution < -0.4 is 4.74 Å². The van der Waals surface area contributed by atoms with Gasteiger partial charge in [0.25, 0.3) is 0 Å². The van der Waals surface area contributed by atoms with Crippen molar-refractivity contribution in [1.29, 1.82) is 0 Å².